The van der Waals surface area contributed by atoms with Gasteiger partial charge >= 0.3 is 0 Å². The molecule has 0 aromatic heterocycles. The molecule has 0 fully saturated rings. The van der Waals surface area contributed by atoms with E-state index in [4.69, 9.17) is 22.1 Å². The summed E-state index contributed by atoms with van der Waals surface area (Å²) in [5.41, 5.74) is 7.87. The SMILES string of the molecule is COc1ccccc1C(N)Cc1ccc(Cl)c(F)c1. The van der Waals surface area contributed by atoms with Crippen molar-refractivity contribution in [3.8, 4) is 5.75 Å². The molecule has 0 bridgehead atoms. The standard InChI is InChI=1S/C15H15ClFNO/c1-19-15-5-3-2-4-11(15)14(18)9-10-6-7-12(16)13(17)8-10/h2-8,14H,9,18H2,1H3. The molecule has 2 rings (SSSR count). The maximum Gasteiger partial charge on any atom is 0.142 e. The second-order valence-electron chi connectivity index (χ2n) is 4.30. The van der Waals surface area contributed by atoms with Crippen LogP contribution in [-0.4, -0.2) is 7.11 Å². The van der Waals surface area contributed by atoms with Gasteiger partial charge in [-0.1, -0.05) is 35.9 Å². The molecule has 0 heterocycles. The number of hydrogen-bond acceptors (Lipinski definition) is 2. The zero-order valence-electron chi connectivity index (χ0n) is 10.6. The first kappa shape index (κ1) is 13.8. The van der Waals surface area contributed by atoms with E-state index in [1.165, 1.54) is 6.07 Å². The first-order valence-electron chi connectivity index (χ1n) is 5.94. The molecule has 2 N–H and O–H groups in total. The summed E-state index contributed by atoms with van der Waals surface area (Å²) in [6.07, 6.45) is 0.522. The van der Waals surface area contributed by atoms with Crippen LogP contribution < -0.4 is 10.5 Å². The Kier molecular flexibility index (Phi) is 4.40. The van der Waals surface area contributed by atoms with Crippen molar-refractivity contribution in [3.05, 3.63) is 64.4 Å². The summed E-state index contributed by atoms with van der Waals surface area (Å²) >= 11 is 5.66. The van der Waals surface area contributed by atoms with Crippen molar-refractivity contribution in [1.82, 2.24) is 0 Å². The van der Waals surface area contributed by atoms with Crippen LogP contribution in [0.25, 0.3) is 0 Å². The predicted octanol–water partition coefficient (Wildman–Crippen LogP) is 3.73. The van der Waals surface area contributed by atoms with Crippen molar-refractivity contribution in [2.24, 2.45) is 5.73 Å². The lowest BCUT2D eigenvalue weighted by Gasteiger charge is -2.15. The highest BCUT2D eigenvalue weighted by atomic mass is 35.5. The first-order chi connectivity index (χ1) is 9.11. The Morgan fingerprint density at radius 2 is 2.00 bits per heavy atom. The molecule has 2 aromatic rings. The lowest BCUT2D eigenvalue weighted by molar-refractivity contribution is 0.405. The number of methoxy groups -OCH3 is 1. The Balaban J connectivity index is 2.20. The molecule has 0 aliphatic carbocycles. The van der Waals surface area contributed by atoms with Gasteiger partial charge in [-0.2, -0.15) is 0 Å². The van der Waals surface area contributed by atoms with Gasteiger partial charge in [-0.3, -0.25) is 0 Å². The molecule has 0 aliphatic rings. The highest BCUT2D eigenvalue weighted by Crippen LogP contribution is 2.26. The third-order valence-electron chi connectivity index (χ3n) is 2.98. The molecule has 0 aliphatic heterocycles. The van der Waals surface area contributed by atoms with Crippen molar-refractivity contribution in [2.75, 3.05) is 7.11 Å². The molecule has 1 atom stereocenters. The molecule has 0 saturated heterocycles. The Hall–Kier alpha value is -1.58. The summed E-state index contributed by atoms with van der Waals surface area (Å²) in [7, 11) is 1.60. The summed E-state index contributed by atoms with van der Waals surface area (Å²) in [6.45, 7) is 0. The summed E-state index contributed by atoms with van der Waals surface area (Å²) in [6, 6.07) is 12.0. The molecule has 0 saturated carbocycles. The van der Waals surface area contributed by atoms with E-state index in [0.717, 1.165) is 16.9 Å². The normalized spacial score (nSPS) is 12.2. The quantitative estimate of drug-likeness (QED) is 0.925. The first-order valence-corrected chi connectivity index (χ1v) is 6.32. The van der Waals surface area contributed by atoms with Crippen molar-refractivity contribution in [2.45, 2.75) is 12.5 Å². The molecule has 2 nitrogen and oxygen atoms in total. The maximum absolute atomic E-state index is 13.4. The zero-order chi connectivity index (χ0) is 13.8. The number of para-hydroxylation sites is 1. The largest absolute Gasteiger partial charge is 0.496 e. The minimum absolute atomic E-state index is 0.120. The molecule has 4 heteroatoms. The van der Waals surface area contributed by atoms with Crippen molar-refractivity contribution >= 4 is 11.6 Å². The molecule has 0 spiro atoms. The van der Waals surface area contributed by atoms with Crippen molar-refractivity contribution in [1.29, 1.82) is 0 Å². The van der Waals surface area contributed by atoms with Gasteiger partial charge in [0, 0.05) is 11.6 Å². The highest BCUT2D eigenvalue weighted by Gasteiger charge is 2.12. The van der Waals surface area contributed by atoms with E-state index in [9.17, 15) is 4.39 Å². The van der Waals surface area contributed by atoms with Crippen LogP contribution in [0, 0.1) is 5.82 Å². The minimum atomic E-state index is -0.425. The topological polar surface area (TPSA) is 35.2 Å². The molecule has 1 unspecified atom stereocenters. The summed E-state index contributed by atoms with van der Waals surface area (Å²) in [4.78, 5) is 0. The summed E-state index contributed by atoms with van der Waals surface area (Å²) < 4.78 is 18.7. The molecule has 0 amide bonds. The molecule has 100 valence electrons. The van der Waals surface area contributed by atoms with Gasteiger partial charge in [0.05, 0.1) is 12.1 Å². The number of ether oxygens (including phenoxy) is 1. The van der Waals surface area contributed by atoms with E-state index < -0.39 is 5.82 Å². The fourth-order valence-electron chi connectivity index (χ4n) is 2.00. The second-order valence-corrected chi connectivity index (χ2v) is 4.71. The van der Waals surface area contributed by atoms with E-state index in [0.29, 0.717) is 6.42 Å². The zero-order valence-corrected chi connectivity index (χ0v) is 11.3. The molecule has 19 heavy (non-hydrogen) atoms. The van der Waals surface area contributed by atoms with Gasteiger partial charge < -0.3 is 10.5 Å². The van der Waals surface area contributed by atoms with Gasteiger partial charge in [-0.15, -0.1) is 0 Å². The maximum atomic E-state index is 13.4. The van der Waals surface area contributed by atoms with Gasteiger partial charge in [-0.25, -0.2) is 4.39 Å². The van der Waals surface area contributed by atoms with Gasteiger partial charge in [0.1, 0.15) is 11.6 Å². The van der Waals surface area contributed by atoms with Crippen LogP contribution in [0.4, 0.5) is 4.39 Å². The fourth-order valence-corrected chi connectivity index (χ4v) is 2.12. The van der Waals surface area contributed by atoms with Crippen molar-refractivity contribution < 1.29 is 9.13 Å². The van der Waals surface area contributed by atoms with E-state index in [1.54, 1.807) is 19.2 Å². The smallest absolute Gasteiger partial charge is 0.142 e. The Morgan fingerprint density at radius 3 is 2.68 bits per heavy atom. The van der Waals surface area contributed by atoms with Crippen LogP contribution in [0.3, 0.4) is 0 Å². The Morgan fingerprint density at radius 1 is 1.26 bits per heavy atom. The average Bonchev–Trinajstić information content (AvgIpc) is 2.43. The molecular formula is C15H15ClFNO. The predicted molar refractivity (Wildman–Crippen MR) is 75.0 cm³/mol. The van der Waals surface area contributed by atoms with E-state index in [2.05, 4.69) is 0 Å². The molecular weight excluding hydrogens is 265 g/mol. The Bertz CT molecular complexity index is 574. The van der Waals surface area contributed by atoms with Crippen LogP contribution in [0.15, 0.2) is 42.5 Å². The lowest BCUT2D eigenvalue weighted by atomic mass is 9.99. The van der Waals surface area contributed by atoms with Crippen LogP contribution >= 0.6 is 11.6 Å². The van der Waals surface area contributed by atoms with E-state index >= 15 is 0 Å². The monoisotopic (exact) mass is 279 g/mol. The van der Waals surface area contributed by atoms with Crippen LogP contribution in [0.1, 0.15) is 17.2 Å². The van der Waals surface area contributed by atoms with Gasteiger partial charge in [0.25, 0.3) is 0 Å². The average molecular weight is 280 g/mol. The number of nitrogens with two attached hydrogens (primary N) is 1. The van der Waals surface area contributed by atoms with Crippen molar-refractivity contribution in [3.63, 3.8) is 0 Å². The number of rotatable bonds is 4. The lowest BCUT2D eigenvalue weighted by Crippen LogP contribution is -2.14. The number of hydrogen-bond donors (Lipinski definition) is 1. The second kappa shape index (κ2) is 6.04. The van der Waals surface area contributed by atoms with Crippen LogP contribution in [0.2, 0.25) is 5.02 Å². The van der Waals surface area contributed by atoms with Crippen LogP contribution in [-0.2, 0) is 6.42 Å². The molecule has 2 aromatic carbocycles. The number of halogens is 2. The third-order valence-corrected chi connectivity index (χ3v) is 3.28. The van der Waals surface area contributed by atoms with Gasteiger partial charge in [-0.05, 0) is 30.2 Å². The van der Waals surface area contributed by atoms with E-state index in [-0.39, 0.29) is 11.1 Å². The summed E-state index contributed by atoms with van der Waals surface area (Å²) in [5, 5.41) is 0.120. The van der Waals surface area contributed by atoms with Crippen LogP contribution in [0.5, 0.6) is 5.75 Å². The number of benzene rings is 2. The third kappa shape index (κ3) is 3.25. The van der Waals surface area contributed by atoms with Gasteiger partial charge in [0.15, 0.2) is 0 Å². The highest BCUT2D eigenvalue weighted by molar-refractivity contribution is 6.30. The fraction of sp³-hybridized carbons (Fsp3) is 0.200. The summed E-state index contributed by atoms with van der Waals surface area (Å²) in [5.74, 6) is 0.316. The minimum Gasteiger partial charge on any atom is -0.496 e. The van der Waals surface area contributed by atoms with E-state index in [1.807, 2.05) is 24.3 Å². The van der Waals surface area contributed by atoms with Gasteiger partial charge in [0.2, 0.25) is 0 Å². The molecule has 0 radical (unpaired) electrons. The Labute approximate surface area is 117 Å².